The van der Waals surface area contributed by atoms with Gasteiger partial charge in [0.1, 0.15) is 5.83 Å². The molecule has 0 aliphatic heterocycles. The van der Waals surface area contributed by atoms with Gasteiger partial charge in [0, 0.05) is 42.8 Å². The lowest BCUT2D eigenvalue weighted by Gasteiger charge is -2.12. The Balaban J connectivity index is 2.35. The van der Waals surface area contributed by atoms with Crippen LogP contribution < -0.4 is 5.73 Å². The van der Waals surface area contributed by atoms with Crippen LogP contribution in [0.15, 0.2) is 64.2 Å². The molecule has 0 spiro atoms. The van der Waals surface area contributed by atoms with Gasteiger partial charge in [0.05, 0.1) is 16.3 Å². The first kappa shape index (κ1) is 23.3. The molecule has 10 heteroatoms. The van der Waals surface area contributed by atoms with Gasteiger partial charge in [-0.2, -0.15) is 0 Å². The molecule has 166 valence electrons. The number of allylic oxidation sites excluding steroid dienone is 1. The summed E-state index contributed by atoms with van der Waals surface area (Å²) in [5.74, 6) is -0.413. The standard InChI is InChI=1S/C21H24FN3O4S2/c1-14-21(15-5-4-6-17(11-15)30(26)27)19-12-18(31(28,29)24(2)3)7-8-20(19)25(14)13-16(22)9-10-23/h4-9,11-12H,10,13,23H2,1-3H3,(H,26,27)/b16-9-. The van der Waals surface area contributed by atoms with Gasteiger partial charge in [-0.3, -0.25) is 0 Å². The van der Waals surface area contributed by atoms with Gasteiger partial charge in [-0.1, -0.05) is 12.1 Å². The van der Waals surface area contributed by atoms with Gasteiger partial charge in [0.2, 0.25) is 10.0 Å². The molecule has 31 heavy (non-hydrogen) atoms. The Morgan fingerprint density at radius 1 is 1.26 bits per heavy atom. The summed E-state index contributed by atoms with van der Waals surface area (Å²) in [7, 11) is -0.794. The zero-order valence-electron chi connectivity index (χ0n) is 17.4. The predicted molar refractivity (Wildman–Crippen MR) is 120 cm³/mol. The molecule has 0 aliphatic rings. The van der Waals surface area contributed by atoms with Crippen LogP contribution in [0.1, 0.15) is 5.69 Å². The normalized spacial score (nSPS) is 13.8. The van der Waals surface area contributed by atoms with Crippen LogP contribution in [0.5, 0.6) is 0 Å². The largest absolute Gasteiger partial charge is 0.337 e. The number of sulfonamides is 1. The van der Waals surface area contributed by atoms with Gasteiger partial charge in [-0.05, 0) is 48.9 Å². The van der Waals surface area contributed by atoms with Crippen LogP contribution in [-0.2, 0) is 27.6 Å². The third-order valence-corrected chi connectivity index (χ3v) is 7.51. The van der Waals surface area contributed by atoms with Crippen LogP contribution in [0.25, 0.3) is 22.0 Å². The molecule has 1 atom stereocenters. The quantitative estimate of drug-likeness (QED) is 0.521. The summed E-state index contributed by atoms with van der Waals surface area (Å²) in [6.07, 6.45) is 1.28. The molecule has 0 saturated heterocycles. The molecule has 2 aromatic carbocycles. The lowest BCUT2D eigenvalue weighted by molar-refractivity contribution is 0.521. The third-order valence-electron chi connectivity index (χ3n) is 5.05. The number of hydrogen-bond acceptors (Lipinski definition) is 4. The van der Waals surface area contributed by atoms with Crippen molar-refractivity contribution in [1.29, 1.82) is 0 Å². The van der Waals surface area contributed by atoms with Gasteiger partial charge in [0.25, 0.3) is 0 Å². The van der Waals surface area contributed by atoms with Crippen LogP contribution in [0.4, 0.5) is 4.39 Å². The van der Waals surface area contributed by atoms with Crippen molar-refractivity contribution in [2.45, 2.75) is 23.3 Å². The van der Waals surface area contributed by atoms with Crippen LogP contribution in [0.2, 0.25) is 0 Å². The molecular weight excluding hydrogens is 441 g/mol. The highest BCUT2D eigenvalue weighted by atomic mass is 32.2. The van der Waals surface area contributed by atoms with E-state index in [1.807, 2.05) is 0 Å². The lowest BCUT2D eigenvalue weighted by atomic mass is 10.0. The Morgan fingerprint density at radius 3 is 2.58 bits per heavy atom. The Morgan fingerprint density at radius 2 is 1.97 bits per heavy atom. The molecular formula is C21H24FN3O4S2. The number of nitrogens with zero attached hydrogens (tertiary/aromatic N) is 2. The molecule has 1 aromatic heterocycles. The average Bonchev–Trinajstić information content (AvgIpc) is 2.99. The van der Waals surface area contributed by atoms with Crippen LogP contribution in [-0.4, -0.2) is 46.7 Å². The summed E-state index contributed by atoms with van der Waals surface area (Å²) < 4.78 is 63.6. The number of halogens is 1. The molecule has 0 bridgehead atoms. The zero-order chi connectivity index (χ0) is 22.9. The zero-order valence-corrected chi connectivity index (χ0v) is 19.0. The molecule has 0 fully saturated rings. The van der Waals surface area contributed by atoms with Crippen molar-refractivity contribution in [2.24, 2.45) is 5.73 Å². The van der Waals surface area contributed by atoms with E-state index >= 15 is 0 Å². The summed E-state index contributed by atoms with van der Waals surface area (Å²) in [5.41, 5.74) is 8.05. The molecule has 1 heterocycles. The lowest BCUT2D eigenvalue weighted by Crippen LogP contribution is -2.22. The van der Waals surface area contributed by atoms with E-state index in [9.17, 15) is 21.6 Å². The maximum Gasteiger partial charge on any atom is 0.242 e. The fourth-order valence-electron chi connectivity index (χ4n) is 3.50. The maximum absolute atomic E-state index is 14.3. The number of hydrogen-bond donors (Lipinski definition) is 2. The fraction of sp³-hybridized carbons (Fsp3) is 0.238. The van der Waals surface area contributed by atoms with Crippen LogP contribution in [0.3, 0.4) is 0 Å². The van der Waals surface area contributed by atoms with E-state index in [2.05, 4.69) is 0 Å². The topological polar surface area (TPSA) is 106 Å². The van der Waals surface area contributed by atoms with Crippen molar-refractivity contribution in [1.82, 2.24) is 8.87 Å². The summed E-state index contributed by atoms with van der Waals surface area (Å²) in [6, 6.07) is 11.2. The monoisotopic (exact) mass is 465 g/mol. The number of aromatic nitrogens is 1. The van der Waals surface area contributed by atoms with Crippen molar-refractivity contribution in [3.8, 4) is 11.1 Å². The van der Waals surface area contributed by atoms with E-state index in [1.165, 1.54) is 32.3 Å². The van der Waals surface area contributed by atoms with Gasteiger partial charge >= 0.3 is 0 Å². The van der Waals surface area contributed by atoms with Gasteiger partial charge in [0.15, 0.2) is 11.1 Å². The minimum atomic E-state index is -3.69. The number of fused-ring (bicyclic) bond motifs is 1. The second-order valence-electron chi connectivity index (χ2n) is 7.18. The second kappa shape index (κ2) is 9.01. The van der Waals surface area contributed by atoms with Crippen molar-refractivity contribution >= 4 is 32.0 Å². The van der Waals surface area contributed by atoms with E-state index < -0.39 is 26.9 Å². The highest BCUT2D eigenvalue weighted by Crippen LogP contribution is 2.37. The summed E-state index contributed by atoms with van der Waals surface area (Å²) in [6.45, 7) is 1.80. The van der Waals surface area contributed by atoms with E-state index in [0.717, 1.165) is 4.31 Å². The number of nitrogens with two attached hydrogens (primary N) is 1. The van der Waals surface area contributed by atoms with E-state index in [-0.39, 0.29) is 22.9 Å². The Bertz CT molecular complexity index is 1300. The third kappa shape index (κ3) is 4.48. The van der Waals surface area contributed by atoms with Crippen LogP contribution >= 0.6 is 0 Å². The van der Waals surface area contributed by atoms with Crippen molar-refractivity contribution < 1.29 is 21.6 Å². The molecule has 0 radical (unpaired) electrons. The van der Waals surface area contributed by atoms with Gasteiger partial charge in [-0.15, -0.1) is 0 Å². The summed E-state index contributed by atoms with van der Waals surface area (Å²) >= 11 is -2.18. The van der Waals surface area contributed by atoms with E-state index in [4.69, 9.17) is 5.73 Å². The minimum absolute atomic E-state index is 0.0620. The van der Waals surface area contributed by atoms with E-state index in [1.54, 1.807) is 41.8 Å². The average molecular weight is 466 g/mol. The number of benzene rings is 2. The Labute approximate surface area is 183 Å². The van der Waals surface area contributed by atoms with Crippen LogP contribution in [0, 0.1) is 6.92 Å². The summed E-state index contributed by atoms with van der Waals surface area (Å²) in [5, 5.41) is 0.599. The highest BCUT2D eigenvalue weighted by Gasteiger charge is 2.22. The highest BCUT2D eigenvalue weighted by molar-refractivity contribution is 7.89. The smallest absolute Gasteiger partial charge is 0.242 e. The minimum Gasteiger partial charge on any atom is -0.337 e. The van der Waals surface area contributed by atoms with Crippen molar-refractivity contribution in [3.05, 3.63) is 60.1 Å². The predicted octanol–water partition coefficient (Wildman–Crippen LogP) is 3.26. The van der Waals surface area contributed by atoms with E-state index in [0.29, 0.717) is 27.7 Å². The van der Waals surface area contributed by atoms with Gasteiger partial charge < -0.3 is 14.9 Å². The molecule has 0 amide bonds. The molecule has 3 N–H and O–H groups in total. The molecule has 3 aromatic rings. The first-order valence-electron chi connectivity index (χ1n) is 9.39. The first-order chi connectivity index (χ1) is 14.6. The maximum atomic E-state index is 14.3. The molecule has 1 unspecified atom stereocenters. The summed E-state index contributed by atoms with van der Waals surface area (Å²) in [4.78, 5) is 0.312. The number of rotatable bonds is 7. The molecule has 3 rings (SSSR count). The Hall–Kier alpha value is -2.37. The first-order valence-corrected chi connectivity index (χ1v) is 11.9. The molecule has 0 saturated carbocycles. The Kier molecular flexibility index (Phi) is 6.77. The van der Waals surface area contributed by atoms with Crippen molar-refractivity contribution in [3.63, 3.8) is 0 Å². The van der Waals surface area contributed by atoms with Crippen molar-refractivity contribution in [2.75, 3.05) is 20.6 Å². The fourth-order valence-corrected chi connectivity index (χ4v) is 4.86. The molecule has 0 aliphatic carbocycles. The SMILES string of the molecule is Cc1c(-c2cccc(S(=O)O)c2)c2cc(S(=O)(=O)N(C)C)ccc2n1C/C(F)=C/CN. The van der Waals surface area contributed by atoms with Gasteiger partial charge in [-0.25, -0.2) is 21.3 Å². The molecule has 7 nitrogen and oxygen atoms in total. The second-order valence-corrected chi connectivity index (χ2v) is 10.3.